The molecule has 0 aliphatic carbocycles. The van der Waals surface area contributed by atoms with E-state index in [0.717, 1.165) is 0 Å². The van der Waals surface area contributed by atoms with E-state index in [1.54, 1.807) is 13.0 Å². The maximum Gasteiger partial charge on any atom is 0.319 e. The highest BCUT2D eigenvalue weighted by atomic mass is 32.2. The van der Waals surface area contributed by atoms with Gasteiger partial charge in [0, 0.05) is 26.2 Å². The van der Waals surface area contributed by atoms with Crippen LogP contribution in [0.1, 0.15) is 17.5 Å². The molecule has 0 spiro atoms. The lowest BCUT2D eigenvalue weighted by Crippen LogP contribution is -2.37. The van der Waals surface area contributed by atoms with E-state index in [9.17, 15) is 13.2 Å². The lowest BCUT2D eigenvalue weighted by molar-refractivity contribution is -0.141. The molecule has 1 aliphatic rings. The van der Waals surface area contributed by atoms with Crippen LogP contribution in [-0.2, 0) is 19.6 Å². The number of esters is 1. The van der Waals surface area contributed by atoms with Gasteiger partial charge in [-0.2, -0.15) is 9.57 Å². The lowest BCUT2D eigenvalue weighted by Gasteiger charge is -2.22. The van der Waals surface area contributed by atoms with E-state index in [4.69, 9.17) is 5.26 Å². The van der Waals surface area contributed by atoms with Crippen molar-refractivity contribution in [1.29, 1.82) is 5.26 Å². The van der Waals surface area contributed by atoms with E-state index in [2.05, 4.69) is 4.74 Å². The van der Waals surface area contributed by atoms with E-state index >= 15 is 0 Å². The van der Waals surface area contributed by atoms with Crippen molar-refractivity contribution < 1.29 is 17.9 Å². The first kappa shape index (κ1) is 18.4. The maximum atomic E-state index is 12.9. The molecule has 8 heteroatoms. The Morgan fingerprint density at radius 2 is 2.04 bits per heavy atom. The molecule has 0 radical (unpaired) electrons. The summed E-state index contributed by atoms with van der Waals surface area (Å²) in [4.78, 5) is 13.5. The van der Waals surface area contributed by atoms with Crippen LogP contribution < -0.4 is 0 Å². The number of sulfonamides is 1. The Kier molecular flexibility index (Phi) is 5.94. The number of methoxy groups -OCH3 is 1. The number of hydrogen-bond acceptors (Lipinski definition) is 6. The normalized spacial score (nSPS) is 17.0. The highest BCUT2D eigenvalue weighted by Gasteiger charge is 2.28. The van der Waals surface area contributed by atoms with Crippen LogP contribution in [0.3, 0.4) is 0 Å². The van der Waals surface area contributed by atoms with E-state index in [1.165, 1.54) is 23.5 Å². The number of aryl methyl sites for hydroxylation is 1. The Labute approximate surface area is 142 Å². The summed E-state index contributed by atoms with van der Waals surface area (Å²) in [7, 11) is -2.28. The third-order valence-corrected chi connectivity index (χ3v) is 6.11. The van der Waals surface area contributed by atoms with Crippen molar-refractivity contribution in [2.45, 2.75) is 18.2 Å². The number of rotatable bonds is 4. The van der Waals surface area contributed by atoms with E-state index in [-0.39, 0.29) is 17.4 Å². The molecule has 1 fully saturated rings. The Morgan fingerprint density at radius 1 is 1.29 bits per heavy atom. The molecule has 24 heavy (non-hydrogen) atoms. The quantitative estimate of drug-likeness (QED) is 0.743. The zero-order valence-corrected chi connectivity index (χ0v) is 14.7. The number of ether oxygens (including phenoxy) is 1. The first-order valence-electron chi connectivity index (χ1n) is 7.68. The molecule has 0 saturated carbocycles. The van der Waals surface area contributed by atoms with Crippen molar-refractivity contribution in [3.63, 3.8) is 0 Å². The molecule has 1 heterocycles. The van der Waals surface area contributed by atoms with Gasteiger partial charge in [0.2, 0.25) is 10.0 Å². The maximum absolute atomic E-state index is 12.9. The fourth-order valence-electron chi connectivity index (χ4n) is 2.74. The van der Waals surface area contributed by atoms with Crippen LogP contribution in [-0.4, -0.2) is 63.4 Å². The van der Waals surface area contributed by atoms with E-state index < -0.39 is 10.0 Å². The fourth-order valence-corrected chi connectivity index (χ4v) is 4.42. The molecule has 1 aliphatic heterocycles. The fraction of sp³-hybridized carbons (Fsp3) is 0.500. The van der Waals surface area contributed by atoms with Crippen molar-refractivity contribution in [2.75, 3.05) is 39.8 Å². The van der Waals surface area contributed by atoms with Crippen molar-refractivity contribution in [3.8, 4) is 6.07 Å². The average molecular weight is 351 g/mol. The molecule has 1 saturated heterocycles. The van der Waals surface area contributed by atoms with E-state index in [1.807, 2.05) is 11.0 Å². The summed E-state index contributed by atoms with van der Waals surface area (Å²) in [5.74, 6) is -0.325. The molecule has 0 amide bonds. The average Bonchev–Trinajstić information content (AvgIpc) is 2.80. The monoisotopic (exact) mass is 351 g/mol. The number of nitrogens with zero attached hydrogens (tertiary/aromatic N) is 3. The number of benzene rings is 1. The minimum atomic E-state index is -3.62. The second kappa shape index (κ2) is 7.75. The first-order chi connectivity index (χ1) is 11.4. The first-order valence-corrected chi connectivity index (χ1v) is 9.12. The molecular weight excluding hydrogens is 330 g/mol. The smallest absolute Gasteiger partial charge is 0.319 e. The van der Waals surface area contributed by atoms with Gasteiger partial charge in [-0.3, -0.25) is 9.69 Å². The summed E-state index contributed by atoms with van der Waals surface area (Å²) in [5, 5.41) is 8.91. The zero-order valence-electron chi connectivity index (χ0n) is 13.9. The van der Waals surface area contributed by atoms with Gasteiger partial charge in [-0.25, -0.2) is 8.42 Å². The lowest BCUT2D eigenvalue weighted by atomic mass is 10.2. The Hall–Kier alpha value is -1.95. The molecule has 2 rings (SSSR count). The van der Waals surface area contributed by atoms with Gasteiger partial charge in [0.25, 0.3) is 0 Å². The summed E-state index contributed by atoms with van der Waals surface area (Å²) in [5.41, 5.74) is 0.997. The highest BCUT2D eigenvalue weighted by Crippen LogP contribution is 2.22. The zero-order chi connectivity index (χ0) is 17.7. The predicted octanol–water partition coefficient (Wildman–Crippen LogP) is 0.736. The van der Waals surface area contributed by atoms with Crippen LogP contribution in [0.15, 0.2) is 23.1 Å². The summed E-state index contributed by atoms with van der Waals surface area (Å²) in [6, 6.07) is 6.59. The summed E-state index contributed by atoms with van der Waals surface area (Å²) >= 11 is 0. The van der Waals surface area contributed by atoms with Crippen LogP contribution >= 0.6 is 0 Å². The summed E-state index contributed by atoms with van der Waals surface area (Å²) in [6.07, 6.45) is 0.644. The number of hydrogen-bond donors (Lipinski definition) is 0. The van der Waals surface area contributed by atoms with Crippen molar-refractivity contribution in [3.05, 3.63) is 29.3 Å². The van der Waals surface area contributed by atoms with Gasteiger partial charge in [-0.05, 0) is 37.1 Å². The molecule has 0 atom stereocenters. The van der Waals surface area contributed by atoms with Gasteiger partial charge in [0.15, 0.2) is 0 Å². The topological polar surface area (TPSA) is 90.7 Å². The molecule has 7 nitrogen and oxygen atoms in total. The highest BCUT2D eigenvalue weighted by molar-refractivity contribution is 7.89. The molecule has 1 aromatic carbocycles. The van der Waals surface area contributed by atoms with Gasteiger partial charge >= 0.3 is 5.97 Å². The van der Waals surface area contributed by atoms with Gasteiger partial charge in [-0.15, -0.1) is 0 Å². The Balaban J connectivity index is 2.16. The molecule has 0 bridgehead atoms. The largest absolute Gasteiger partial charge is 0.468 e. The van der Waals surface area contributed by atoms with Gasteiger partial charge in [-0.1, -0.05) is 0 Å². The van der Waals surface area contributed by atoms with Crippen molar-refractivity contribution >= 4 is 16.0 Å². The molecule has 0 aromatic heterocycles. The SMILES string of the molecule is COC(=O)CN1CCCN(S(=O)(=O)c2ccc(C#N)cc2C)CC1. The van der Waals surface area contributed by atoms with Crippen LogP contribution in [0.2, 0.25) is 0 Å². The third kappa shape index (κ3) is 4.12. The number of carbonyl (C=O) groups is 1. The standard InChI is InChI=1S/C16H21N3O4S/c1-13-10-14(11-17)4-5-15(13)24(21,22)19-7-3-6-18(8-9-19)12-16(20)23-2/h4-5,10H,3,6-9,12H2,1-2H3. The van der Waals surface area contributed by atoms with Crippen LogP contribution in [0, 0.1) is 18.3 Å². The summed E-state index contributed by atoms with van der Waals surface area (Å²) in [6.45, 7) is 3.70. The summed E-state index contributed by atoms with van der Waals surface area (Å²) < 4.78 is 31.9. The second-order valence-electron chi connectivity index (χ2n) is 5.70. The van der Waals surface area contributed by atoms with Gasteiger partial charge in [0.05, 0.1) is 30.2 Å². The second-order valence-corrected chi connectivity index (χ2v) is 7.61. The number of nitriles is 1. The van der Waals surface area contributed by atoms with Gasteiger partial charge < -0.3 is 4.74 Å². The van der Waals surface area contributed by atoms with Crippen molar-refractivity contribution in [2.24, 2.45) is 0 Å². The minimum Gasteiger partial charge on any atom is -0.468 e. The van der Waals surface area contributed by atoms with Crippen LogP contribution in [0.5, 0.6) is 0 Å². The Bertz CT molecular complexity index is 755. The van der Waals surface area contributed by atoms with Crippen molar-refractivity contribution in [1.82, 2.24) is 9.21 Å². The van der Waals surface area contributed by atoms with Gasteiger partial charge in [0.1, 0.15) is 0 Å². The Morgan fingerprint density at radius 3 is 2.67 bits per heavy atom. The molecular formula is C16H21N3O4S. The van der Waals surface area contributed by atoms with Crippen LogP contribution in [0.25, 0.3) is 0 Å². The minimum absolute atomic E-state index is 0.167. The molecule has 0 unspecified atom stereocenters. The predicted molar refractivity (Wildman–Crippen MR) is 87.7 cm³/mol. The third-order valence-electron chi connectivity index (χ3n) is 4.05. The van der Waals surface area contributed by atoms with Crippen LogP contribution in [0.4, 0.5) is 0 Å². The number of carbonyl (C=O) groups excluding carboxylic acids is 1. The molecule has 1 aromatic rings. The molecule has 130 valence electrons. The van der Waals surface area contributed by atoms with E-state index in [0.29, 0.717) is 43.7 Å². The molecule has 0 N–H and O–H groups in total.